The van der Waals surface area contributed by atoms with Crippen LogP contribution in [0.15, 0.2) is 6.20 Å². The van der Waals surface area contributed by atoms with E-state index < -0.39 is 6.10 Å². The quantitative estimate of drug-likeness (QED) is 0.810. The van der Waals surface area contributed by atoms with Crippen molar-refractivity contribution in [3.05, 3.63) is 17.6 Å². The summed E-state index contributed by atoms with van der Waals surface area (Å²) < 4.78 is 0. The van der Waals surface area contributed by atoms with Crippen LogP contribution in [-0.4, -0.2) is 34.7 Å². The lowest BCUT2D eigenvalue weighted by Crippen LogP contribution is -2.32. The van der Waals surface area contributed by atoms with E-state index in [0.717, 1.165) is 30.3 Å². The van der Waals surface area contributed by atoms with E-state index >= 15 is 0 Å². The van der Waals surface area contributed by atoms with Gasteiger partial charge in [-0.15, -0.1) is 0 Å². The molecule has 2 heterocycles. The van der Waals surface area contributed by atoms with Gasteiger partial charge in [0.05, 0.1) is 6.10 Å². The molecule has 1 aromatic heterocycles. The molecule has 1 saturated heterocycles. The first-order valence-electron chi connectivity index (χ1n) is 6.19. The summed E-state index contributed by atoms with van der Waals surface area (Å²) in [4.78, 5) is 10.8. The second-order valence-electron chi connectivity index (χ2n) is 4.50. The van der Waals surface area contributed by atoms with Crippen LogP contribution in [0.3, 0.4) is 0 Å². The lowest BCUT2D eigenvalue weighted by Gasteiger charge is -2.30. The SMILES string of the molecule is Cc1ncc(C(O)CN)c(N2CCCCC2)n1. The zero-order chi connectivity index (χ0) is 12.3. The Bertz CT molecular complexity index is 377. The highest BCUT2D eigenvalue weighted by molar-refractivity contribution is 5.47. The zero-order valence-corrected chi connectivity index (χ0v) is 10.3. The Labute approximate surface area is 102 Å². The third kappa shape index (κ3) is 2.73. The predicted molar refractivity (Wildman–Crippen MR) is 66.8 cm³/mol. The highest BCUT2D eigenvalue weighted by Crippen LogP contribution is 2.25. The fourth-order valence-corrected chi connectivity index (χ4v) is 2.19. The van der Waals surface area contributed by atoms with Crippen molar-refractivity contribution in [2.75, 3.05) is 24.5 Å². The summed E-state index contributed by atoms with van der Waals surface area (Å²) in [5.41, 5.74) is 6.27. The van der Waals surface area contributed by atoms with Gasteiger partial charge in [-0.2, -0.15) is 0 Å². The maximum absolute atomic E-state index is 9.90. The maximum atomic E-state index is 9.90. The summed E-state index contributed by atoms with van der Waals surface area (Å²) in [6.45, 7) is 4.07. The van der Waals surface area contributed by atoms with Gasteiger partial charge in [-0.05, 0) is 26.2 Å². The molecular weight excluding hydrogens is 216 g/mol. The summed E-state index contributed by atoms with van der Waals surface area (Å²) >= 11 is 0. The molecule has 0 aliphatic carbocycles. The van der Waals surface area contributed by atoms with Crippen molar-refractivity contribution in [1.29, 1.82) is 0 Å². The molecular formula is C12H20N4O. The van der Waals surface area contributed by atoms with E-state index in [-0.39, 0.29) is 6.54 Å². The van der Waals surface area contributed by atoms with Gasteiger partial charge in [0.2, 0.25) is 0 Å². The number of rotatable bonds is 3. The van der Waals surface area contributed by atoms with E-state index in [0.29, 0.717) is 0 Å². The number of anilines is 1. The van der Waals surface area contributed by atoms with E-state index in [2.05, 4.69) is 14.9 Å². The molecule has 5 heteroatoms. The first-order chi connectivity index (χ1) is 8.22. The van der Waals surface area contributed by atoms with E-state index in [1.54, 1.807) is 6.20 Å². The van der Waals surface area contributed by atoms with Crippen molar-refractivity contribution in [1.82, 2.24) is 9.97 Å². The second-order valence-corrected chi connectivity index (χ2v) is 4.50. The Morgan fingerprint density at radius 2 is 2.12 bits per heavy atom. The molecule has 0 saturated carbocycles. The van der Waals surface area contributed by atoms with Gasteiger partial charge in [0.15, 0.2) is 0 Å². The molecule has 1 atom stereocenters. The molecule has 17 heavy (non-hydrogen) atoms. The Morgan fingerprint density at radius 1 is 1.41 bits per heavy atom. The van der Waals surface area contributed by atoms with Crippen LogP contribution < -0.4 is 10.6 Å². The van der Waals surface area contributed by atoms with Crippen molar-refractivity contribution < 1.29 is 5.11 Å². The number of hydrogen-bond acceptors (Lipinski definition) is 5. The summed E-state index contributed by atoms with van der Waals surface area (Å²) in [5.74, 6) is 1.59. The zero-order valence-electron chi connectivity index (χ0n) is 10.3. The van der Waals surface area contributed by atoms with Crippen LogP contribution in [0.2, 0.25) is 0 Å². The number of aliphatic hydroxyl groups excluding tert-OH is 1. The fourth-order valence-electron chi connectivity index (χ4n) is 2.19. The molecule has 0 aromatic carbocycles. The van der Waals surface area contributed by atoms with Crippen LogP contribution in [0.5, 0.6) is 0 Å². The number of aliphatic hydroxyl groups is 1. The van der Waals surface area contributed by atoms with Gasteiger partial charge < -0.3 is 15.7 Å². The third-order valence-electron chi connectivity index (χ3n) is 3.15. The highest BCUT2D eigenvalue weighted by atomic mass is 16.3. The first kappa shape index (κ1) is 12.3. The molecule has 3 N–H and O–H groups in total. The molecule has 0 radical (unpaired) electrons. The van der Waals surface area contributed by atoms with Gasteiger partial charge in [0.1, 0.15) is 11.6 Å². The molecule has 1 unspecified atom stereocenters. The highest BCUT2D eigenvalue weighted by Gasteiger charge is 2.20. The normalized spacial score (nSPS) is 18.2. The van der Waals surface area contributed by atoms with Crippen molar-refractivity contribution in [2.45, 2.75) is 32.3 Å². The minimum absolute atomic E-state index is 0.202. The van der Waals surface area contributed by atoms with Crippen LogP contribution >= 0.6 is 0 Å². The first-order valence-corrected chi connectivity index (χ1v) is 6.19. The molecule has 0 spiro atoms. The number of aromatic nitrogens is 2. The van der Waals surface area contributed by atoms with Gasteiger partial charge in [0.25, 0.3) is 0 Å². The van der Waals surface area contributed by atoms with Crippen molar-refractivity contribution in [2.24, 2.45) is 5.73 Å². The molecule has 0 bridgehead atoms. The number of hydrogen-bond donors (Lipinski definition) is 2. The van der Waals surface area contributed by atoms with Gasteiger partial charge in [0, 0.05) is 31.4 Å². The molecule has 1 aromatic rings. The molecule has 1 fully saturated rings. The largest absolute Gasteiger partial charge is 0.387 e. The van der Waals surface area contributed by atoms with Gasteiger partial charge >= 0.3 is 0 Å². The summed E-state index contributed by atoms with van der Waals surface area (Å²) in [6.07, 6.45) is 4.66. The summed E-state index contributed by atoms with van der Waals surface area (Å²) in [5, 5.41) is 9.90. The average molecular weight is 236 g/mol. The van der Waals surface area contributed by atoms with E-state index in [4.69, 9.17) is 5.73 Å². The van der Waals surface area contributed by atoms with Crippen LogP contribution in [0.4, 0.5) is 5.82 Å². The fraction of sp³-hybridized carbons (Fsp3) is 0.667. The molecule has 2 rings (SSSR count). The maximum Gasteiger partial charge on any atom is 0.138 e. The number of aryl methyl sites for hydroxylation is 1. The standard InChI is InChI=1S/C12H20N4O/c1-9-14-8-10(11(17)7-13)12(15-9)16-5-3-2-4-6-16/h8,11,17H,2-7,13H2,1H3. The Kier molecular flexibility index (Phi) is 3.91. The van der Waals surface area contributed by atoms with Crippen LogP contribution in [-0.2, 0) is 0 Å². The smallest absolute Gasteiger partial charge is 0.138 e. The predicted octanol–water partition coefficient (Wildman–Crippen LogP) is 0.767. The number of nitrogens with two attached hydrogens (primary N) is 1. The molecule has 5 nitrogen and oxygen atoms in total. The number of piperidine rings is 1. The lowest BCUT2D eigenvalue weighted by molar-refractivity contribution is 0.186. The summed E-state index contributed by atoms with van der Waals surface area (Å²) in [7, 11) is 0. The third-order valence-corrected chi connectivity index (χ3v) is 3.15. The van der Waals surface area contributed by atoms with E-state index in [9.17, 15) is 5.11 Å². The van der Waals surface area contributed by atoms with Crippen LogP contribution in [0.1, 0.15) is 36.8 Å². The lowest BCUT2D eigenvalue weighted by atomic mass is 10.1. The molecule has 1 aliphatic rings. The van der Waals surface area contributed by atoms with Crippen molar-refractivity contribution >= 4 is 5.82 Å². The average Bonchev–Trinajstić information content (AvgIpc) is 2.39. The van der Waals surface area contributed by atoms with E-state index in [1.807, 2.05) is 6.92 Å². The molecule has 0 amide bonds. The monoisotopic (exact) mass is 236 g/mol. The van der Waals surface area contributed by atoms with Gasteiger partial charge in [-0.3, -0.25) is 0 Å². The minimum atomic E-state index is -0.674. The Morgan fingerprint density at radius 3 is 2.76 bits per heavy atom. The topological polar surface area (TPSA) is 75.3 Å². The number of nitrogens with zero attached hydrogens (tertiary/aromatic N) is 3. The van der Waals surface area contributed by atoms with Crippen molar-refractivity contribution in [3.8, 4) is 0 Å². The molecule has 94 valence electrons. The van der Waals surface area contributed by atoms with Gasteiger partial charge in [-0.1, -0.05) is 0 Å². The van der Waals surface area contributed by atoms with E-state index in [1.165, 1.54) is 19.3 Å². The summed E-state index contributed by atoms with van der Waals surface area (Å²) in [6, 6.07) is 0. The second kappa shape index (κ2) is 5.42. The van der Waals surface area contributed by atoms with Gasteiger partial charge in [-0.25, -0.2) is 9.97 Å². The van der Waals surface area contributed by atoms with Crippen LogP contribution in [0.25, 0.3) is 0 Å². The van der Waals surface area contributed by atoms with Crippen LogP contribution in [0, 0.1) is 6.92 Å². The Balaban J connectivity index is 2.31. The van der Waals surface area contributed by atoms with Crippen molar-refractivity contribution in [3.63, 3.8) is 0 Å². The Hall–Kier alpha value is -1.20. The minimum Gasteiger partial charge on any atom is -0.387 e. The molecule has 1 aliphatic heterocycles.